The van der Waals surface area contributed by atoms with Crippen LogP contribution < -0.4 is 16.0 Å². The number of pyridine rings is 1. The van der Waals surface area contributed by atoms with E-state index in [0.29, 0.717) is 12.1 Å². The Bertz CT molecular complexity index is 580. The summed E-state index contributed by atoms with van der Waals surface area (Å²) in [6, 6.07) is 3.01. The summed E-state index contributed by atoms with van der Waals surface area (Å²) in [5.74, 6) is -0.231. The van der Waals surface area contributed by atoms with Crippen molar-refractivity contribution in [1.29, 1.82) is 0 Å². The fourth-order valence-electron chi connectivity index (χ4n) is 3.75. The van der Waals surface area contributed by atoms with Crippen LogP contribution in [0.4, 0.5) is 4.79 Å². The number of hydrogen-bond acceptors (Lipinski definition) is 3. The van der Waals surface area contributed by atoms with Gasteiger partial charge in [-0.1, -0.05) is 103 Å². The number of nitrogens with zero attached hydrogens (tertiary/aromatic N) is 1. The van der Waals surface area contributed by atoms with Gasteiger partial charge in [0.05, 0.1) is 6.67 Å². The summed E-state index contributed by atoms with van der Waals surface area (Å²) in [5, 5.41) is 8.12. The minimum atomic E-state index is -0.249. The normalized spacial score (nSPS) is 10.7. The average molecular weight is 447 g/mol. The first-order valence-corrected chi connectivity index (χ1v) is 12.9. The second-order valence-electron chi connectivity index (χ2n) is 8.65. The first-order valence-electron chi connectivity index (χ1n) is 12.9. The van der Waals surface area contributed by atoms with E-state index in [-0.39, 0.29) is 18.6 Å². The maximum Gasteiger partial charge on any atom is 0.316 e. The average Bonchev–Trinajstić information content (AvgIpc) is 2.81. The molecule has 0 fully saturated rings. The third-order valence-electron chi connectivity index (χ3n) is 5.76. The van der Waals surface area contributed by atoms with E-state index in [2.05, 4.69) is 27.9 Å². The van der Waals surface area contributed by atoms with Crippen LogP contribution in [-0.2, 0) is 0 Å². The number of urea groups is 1. The molecule has 3 amide bonds. The molecule has 182 valence electrons. The lowest BCUT2D eigenvalue weighted by molar-refractivity contribution is 0.0952. The summed E-state index contributed by atoms with van der Waals surface area (Å²) in [7, 11) is 0. The van der Waals surface area contributed by atoms with Crippen molar-refractivity contribution in [3.63, 3.8) is 0 Å². The van der Waals surface area contributed by atoms with Crippen molar-refractivity contribution in [2.45, 2.75) is 110 Å². The Balaban J connectivity index is 1.78. The number of amides is 3. The molecule has 0 aliphatic rings. The maximum atomic E-state index is 11.8. The summed E-state index contributed by atoms with van der Waals surface area (Å²) in [5.41, 5.74) is 0.523. The predicted octanol–water partition coefficient (Wildman–Crippen LogP) is 6.33. The number of nitrogens with one attached hydrogen (secondary N) is 3. The molecule has 32 heavy (non-hydrogen) atoms. The van der Waals surface area contributed by atoms with Gasteiger partial charge in [-0.15, -0.1) is 0 Å². The van der Waals surface area contributed by atoms with E-state index in [1.54, 1.807) is 24.5 Å². The Labute approximate surface area is 195 Å². The highest BCUT2D eigenvalue weighted by atomic mass is 16.2. The molecule has 1 rings (SSSR count). The zero-order valence-electron chi connectivity index (χ0n) is 20.3. The van der Waals surface area contributed by atoms with Gasteiger partial charge in [-0.05, 0) is 18.6 Å². The highest BCUT2D eigenvalue weighted by Crippen LogP contribution is 2.13. The lowest BCUT2D eigenvalue weighted by atomic mass is 10.0. The van der Waals surface area contributed by atoms with Crippen LogP contribution in [0.1, 0.15) is 120 Å². The number of carbonyl (C=O) groups is 2. The summed E-state index contributed by atoms with van der Waals surface area (Å²) in [6.07, 6.45) is 24.6. The lowest BCUT2D eigenvalue weighted by Crippen LogP contribution is -2.42. The molecule has 0 aliphatic carbocycles. The highest BCUT2D eigenvalue weighted by molar-refractivity contribution is 5.94. The van der Waals surface area contributed by atoms with Gasteiger partial charge in [0.2, 0.25) is 0 Å². The van der Waals surface area contributed by atoms with E-state index in [1.807, 2.05) is 0 Å². The molecule has 0 bridgehead atoms. The van der Waals surface area contributed by atoms with Crippen molar-refractivity contribution in [1.82, 2.24) is 20.9 Å². The van der Waals surface area contributed by atoms with Gasteiger partial charge in [0.25, 0.3) is 5.91 Å². The molecule has 1 heterocycles. The monoisotopic (exact) mass is 446 g/mol. The second-order valence-corrected chi connectivity index (χ2v) is 8.65. The Morgan fingerprint density at radius 2 is 1.12 bits per heavy atom. The second kappa shape index (κ2) is 20.8. The molecule has 6 nitrogen and oxygen atoms in total. The summed E-state index contributed by atoms with van der Waals surface area (Å²) in [4.78, 5) is 27.5. The van der Waals surface area contributed by atoms with Crippen molar-refractivity contribution in [3.8, 4) is 0 Å². The third kappa shape index (κ3) is 16.6. The number of hydrogen-bond donors (Lipinski definition) is 3. The van der Waals surface area contributed by atoms with Gasteiger partial charge in [0.15, 0.2) is 0 Å². The van der Waals surface area contributed by atoms with E-state index in [9.17, 15) is 9.59 Å². The van der Waals surface area contributed by atoms with Crippen LogP contribution in [-0.4, -0.2) is 30.1 Å². The van der Waals surface area contributed by atoms with Crippen molar-refractivity contribution in [3.05, 3.63) is 30.1 Å². The van der Waals surface area contributed by atoms with Gasteiger partial charge < -0.3 is 16.0 Å². The molecule has 0 saturated heterocycles. The van der Waals surface area contributed by atoms with Gasteiger partial charge >= 0.3 is 6.03 Å². The number of carbonyl (C=O) groups excluding carboxylic acids is 2. The van der Waals surface area contributed by atoms with Crippen molar-refractivity contribution >= 4 is 11.9 Å². The Morgan fingerprint density at radius 1 is 0.656 bits per heavy atom. The molecule has 0 spiro atoms. The van der Waals surface area contributed by atoms with Crippen LogP contribution in [0, 0.1) is 0 Å². The molecule has 1 aromatic rings. The summed E-state index contributed by atoms with van der Waals surface area (Å²) >= 11 is 0. The van der Waals surface area contributed by atoms with E-state index in [4.69, 9.17) is 0 Å². The van der Waals surface area contributed by atoms with Crippen molar-refractivity contribution in [2.75, 3.05) is 13.2 Å². The van der Waals surface area contributed by atoms with Gasteiger partial charge in [0.1, 0.15) is 0 Å². The lowest BCUT2D eigenvalue weighted by Gasteiger charge is -2.09. The van der Waals surface area contributed by atoms with Crippen LogP contribution in [0.15, 0.2) is 24.5 Å². The predicted molar refractivity (Wildman–Crippen MR) is 133 cm³/mol. The molecule has 0 saturated carbocycles. The maximum absolute atomic E-state index is 11.8. The first kappa shape index (κ1) is 27.9. The van der Waals surface area contributed by atoms with E-state index < -0.39 is 0 Å². The number of aromatic nitrogens is 1. The fraction of sp³-hybridized carbons (Fsp3) is 0.731. The standard InChI is InChI=1S/C26H46N4O2/c1-2-3-4-5-6-7-8-9-10-11-12-13-14-15-16-17-20-28-26(32)30-23-29-25(31)24-18-21-27-22-19-24/h18-19,21-22H,2-17,20,23H2,1H3,(H,29,31)(H2,28,30,32). The van der Waals surface area contributed by atoms with Crippen LogP contribution in [0.5, 0.6) is 0 Å². The SMILES string of the molecule is CCCCCCCCCCCCCCCCCCNC(=O)NCNC(=O)c1ccncc1. The van der Waals surface area contributed by atoms with Crippen LogP contribution >= 0.6 is 0 Å². The molecule has 0 aliphatic heterocycles. The molecular formula is C26H46N4O2. The van der Waals surface area contributed by atoms with Gasteiger partial charge in [-0.3, -0.25) is 9.78 Å². The highest BCUT2D eigenvalue weighted by Gasteiger charge is 2.04. The van der Waals surface area contributed by atoms with Crippen LogP contribution in [0.25, 0.3) is 0 Å². The first-order chi connectivity index (χ1) is 15.7. The fourth-order valence-corrected chi connectivity index (χ4v) is 3.75. The Kier molecular flexibility index (Phi) is 18.1. The topological polar surface area (TPSA) is 83.1 Å². The summed E-state index contributed by atoms with van der Waals surface area (Å²) in [6.45, 7) is 3.05. The minimum Gasteiger partial charge on any atom is -0.338 e. The largest absolute Gasteiger partial charge is 0.338 e. The van der Waals surface area contributed by atoms with Gasteiger partial charge in [0, 0.05) is 24.5 Å². The summed E-state index contributed by atoms with van der Waals surface area (Å²) < 4.78 is 0. The van der Waals surface area contributed by atoms with Crippen LogP contribution in [0.2, 0.25) is 0 Å². The molecule has 0 unspecified atom stereocenters. The molecule has 0 radical (unpaired) electrons. The van der Waals surface area contributed by atoms with E-state index >= 15 is 0 Å². The Hall–Kier alpha value is -2.11. The van der Waals surface area contributed by atoms with Gasteiger partial charge in [-0.25, -0.2) is 4.79 Å². The molecule has 3 N–H and O–H groups in total. The van der Waals surface area contributed by atoms with Crippen molar-refractivity contribution < 1.29 is 9.59 Å². The Morgan fingerprint density at radius 3 is 1.62 bits per heavy atom. The van der Waals surface area contributed by atoms with Crippen molar-refractivity contribution in [2.24, 2.45) is 0 Å². The van der Waals surface area contributed by atoms with E-state index in [0.717, 1.165) is 12.8 Å². The zero-order valence-corrected chi connectivity index (χ0v) is 20.3. The minimum absolute atomic E-state index is 0.103. The smallest absolute Gasteiger partial charge is 0.316 e. The third-order valence-corrected chi connectivity index (χ3v) is 5.76. The molecular weight excluding hydrogens is 400 g/mol. The zero-order chi connectivity index (χ0) is 23.1. The molecule has 0 aromatic carbocycles. The molecule has 1 aromatic heterocycles. The molecule has 6 heteroatoms. The number of rotatable bonds is 20. The van der Waals surface area contributed by atoms with Gasteiger partial charge in [-0.2, -0.15) is 0 Å². The van der Waals surface area contributed by atoms with E-state index in [1.165, 1.54) is 89.9 Å². The number of unbranched alkanes of at least 4 members (excludes halogenated alkanes) is 15. The van der Waals surface area contributed by atoms with Crippen LogP contribution in [0.3, 0.4) is 0 Å². The quantitative estimate of drug-likeness (QED) is 0.162. The molecule has 0 atom stereocenters.